The van der Waals surface area contributed by atoms with E-state index in [2.05, 4.69) is 17.6 Å². The van der Waals surface area contributed by atoms with Gasteiger partial charge in [0.15, 0.2) is 0 Å². The molecule has 0 atom stereocenters. The number of furan rings is 1. The summed E-state index contributed by atoms with van der Waals surface area (Å²) < 4.78 is 5.11. The topological polar surface area (TPSA) is 74.6 Å². The Balaban J connectivity index is 1.67. The van der Waals surface area contributed by atoms with E-state index in [9.17, 15) is 9.59 Å². The second-order valence-corrected chi connectivity index (χ2v) is 6.14. The van der Waals surface area contributed by atoms with Gasteiger partial charge in [0.1, 0.15) is 5.76 Å². The van der Waals surface area contributed by atoms with Gasteiger partial charge in [-0.05, 0) is 50.8 Å². The SMILES string of the molecule is CC1CCC(N(C)CC(=O)NC(=O)NCc2ccco2)CC1. The minimum Gasteiger partial charge on any atom is -0.467 e. The van der Waals surface area contributed by atoms with Gasteiger partial charge in [0.25, 0.3) is 0 Å². The molecule has 0 radical (unpaired) electrons. The smallest absolute Gasteiger partial charge is 0.321 e. The van der Waals surface area contributed by atoms with Crippen molar-refractivity contribution in [1.82, 2.24) is 15.5 Å². The quantitative estimate of drug-likeness (QED) is 0.874. The molecule has 1 aliphatic rings. The molecule has 1 aliphatic carbocycles. The van der Waals surface area contributed by atoms with Crippen molar-refractivity contribution >= 4 is 11.9 Å². The van der Waals surface area contributed by atoms with Crippen LogP contribution in [0.1, 0.15) is 38.4 Å². The van der Waals surface area contributed by atoms with Gasteiger partial charge >= 0.3 is 6.03 Å². The van der Waals surface area contributed by atoms with Crippen LogP contribution in [0, 0.1) is 5.92 Å². The standard InChI is InChI=1S/C16H25N3O3/c1-12-5-7-13(8-6-12)19(2)11-15(20)18-16(21)17-10-14-4-3-9-22-14/h3-4,9,12-13H,5-8,10-11H2,1-2H3,(H2,17,18,20,21). The fraction of sp³-hybridized carbons (Fsp3) is 0.625. The molecule has 0 unspecified atom stereocenters. The lowest BCUT2D eigenvalue weighted by molar-refractivity contribution is -0.121. The van der Waals surface area contributed by atoms with Gasteiger partial charge in [0.05, 0.1) is 19.4 Å². The Hall–Kier alpha value is -1.82. The second kappa shape index (κ2) is 7.98. The predicted octanol–water partition coefficient (Wildman–Crippen LogP) is 2.12. The van der Waals surface area contributed by atoms with Crippen molar-refractivity contribution in [2.24, 2.45) is 5.92 Å². The number of hydrogen-bond acceptors (Lipinski definition) is 4. The lowest BCUT2D eigenvalue weighted by Gasteiger charge is -2.33. The largest absolute Gasteiger partial charge is 0.467 e. The van der Waals surface area contributed by atoms with Crippen molar-refractivity contribution in [2.45, 2.75) is 45.2 Å². The van der Waals surface area contributed by atoms with E-state index in [-0.39, 0.29) is 19.0 Å². The average Bonchev–Trinajstić information content (AvgIpc) is 2.99. The second-order valence-electron chi connectivity index (χ2n) is 6.14. The molecule has 1 saturated carbocycles. The first kappa shape index (κ1) is 16.5. The number of imide groups is 1. The third kappa shape index (κ3) is 5.18. The number of urea groups is 1. The molecule has 3 amide bonds. The van der Waals surface area contributed by atoms with Gasteiger partial charge in [-0.25, -0.2) is 4.79 Å². The molecule has 1 aromatic rings. The first-order valence-corrected chi connectivity index (χ1v) is 7.85. The first-order chi connectivity index (χ1) is 10.5. The van der Waals surface area contributed by atoms with Crippen molar-refractivity contribution in [1.29, 1.82) is 0 Å². The molecule has 1 aromatic heterocycles. The molecular weight excluding hydrogens is 282 g/mol. The lowest BCUT2D eigenvalue weighted by Crippen LogP contribution is -2.46. The van der Waals surface area contributed by atoms with Gasteiger partial charge in [0.2, 0.25) is 5.91 Å². The molecule has 6 heteroatoms. The summed E-state index contributed by atoms with van der Waals surface area (Å²) in [6.45, 7) is 2.78. The molecule has 0 bridgehead atoms. The molecule has 1 heterocycles. The number of hydrogen-bond donors (Lipinski definition) is 2. The van der Waals surface area contributed by atoms with Gasteiger partial charge in [-0.1, -0.05) is 6.92 Å². The zero-order chi connectivity index (χ0) is 15.9. The highest BCUT2D eigenvalue weighted by Gasteiger charge is 2.23. The van der Waals surface area contributed by atoms with E-state index in [1.54, 1.807) is 18.4 Å². The van der Waals surface area contributed by atoms with E-state index in [0.29, 0.717) is 11.8 Å². The molecule has 6 nitrogen and oxygen atoms in total. The molecule has 1 fully saturated rings. The van der Waals surface area contributed by atoms with Gasteiger partial charge in [-0.2, -0.15) is 0 Å². The third-order valence-corrected chi connectivity index (χ3v) is 4.26. The molecule has 22 heavy (non-hydrogen) atoms. The average molecular weight is 307 g/mol. The molecule has 0 aromatic carbocycles. The number of amides is 3. The highest BCUT2D eigenvalue weighted by molar-refractivity contribution is 5.95. The highest BCUT2D eigenvalue weighted by atomic mass is 16.3. The number of nitrogens with zero attached hydrogens (tertiary/aromatic N) is 1. The van der Waals surface area contributed by atoms with Crippen LogP contribution in [0.25, 0.3) is 0 Å². The summed E-state index contributed by atoms with van der Waals surface area (Å²) in [6, 6.07) is 3.46. The van der Waals surface area contributed by atoms with Crippen LogP contribution in [0.2, 0.25) is 0 Å². The molecule has 2 N–H and O–H groups in total. The van der Waals surface area contributed by atoms with E-state index in [0.717, 1.165) is 18.8 Å². The van der Waals surface area contributed by atoms with Gasteiger partial charge in [-0.3, -0.25) is 15.0 Å². The maximum atomic E-state index is 11.9. The normalized spacial score (nSPS) is 21.6. The van der Waals surface area contributed by atoms with Crippen molar-refractivity contribution in [3.63, 3.8) is 0 Å². The lowest BCUT2D eigenvalue weighted by atomic mass is 9.87. The Morgan fingerprint density at radius 2 is 2.05 bits per heavy atom. The summed E-state index contributed by atoms with van der Waals surface area (Å²) in [7, 11) is 1.95. The van der Waals surface area contributed by atoms with Crippen LogP contribution >= 0.6 is 0 Å². The molecule has 0 aliphatic heterocycles. The predicted molar refractivity (Wildman–Crippen MR) is 83.1 cm³/mol. The van der Waals surface area contributed by atoms with Crippen LogP contribution < -0.4 is 10.6 Å². The van der Waals surface area contributed by atoms with Crippen molar-refractivity contribution in [2.75, 3.05) is 13.6 Å². The third-order valence-electron chi connectivity index (χ3n) is 4.26. The van der Waals surface area contributed by atoms with E-state index in [1.807, 2.05) is 11.9 Å². The Morgan fingerprint density at radius 3 is 2.68 bits per heavy atom. The van der Waals surface area contributed by atoms with Crippen LogP contribution in [0.3, 0.4) is 0 Å². The molecule has 0 spiro atoms. The molecular formula is C16H25N3O3. The van der Waals surface area contributed by atoms with Crippen LogP contribution in [-0.2, 0) is 11.3 Å². The maximum Gasteiger partial charge on any atom is 0.321 e. The number of likely N-dealkylation sites (N-methyl/N-ethyl adjacent to an activating group) is 1. The van der Waals surface area contributed by atoms with E-state index >= 15 is 0 Å². The zero-order valence-electron chi connectivity index (χ0n) is 13.3. The fourth-order valence-electron chi connectivity index (χ4n) is 2.83. The van der Waals surface area contributed by atoms with E-state index in [1.165, 1.54) is 12.8 Å². The summed E-state index contributed by atoms with van der Waals surface area (Å²) in [4.78, 5) is 25.6. The van der Waals surface area contributed by atoms with Crippen LogP contribution in [0.4, 0.5) is 4.79 Å². The first-order valence-electron chi connectivity index (χ1n) is 7.85. The van der Waals surface area contributed by atoms with E-state index in [4.69, 9.17) is 4.42 Å². The molecule has 122 valence electrons. The van der Waals surface area contributed by atoms with Crippen molar-refractivity contribution in [3.8, 4) is 0 Å². The minimum atomic E-state index is -0.493. The monoisotopic (exact) mass is 307 g/mol. The van der Waals surface area contributed by atoms with Crippen molar-refractivity contribution < 1.29 is 14.0 Å². The van der Waals surface area contributed by atoms with Gasteiger partial charge < -0.3 is 9.73 Å². The summed E-state index contributed by atoms with van der Waals surface area (Å²) in [5.74, 6) is 1.15. The Kier molecular flexibility index (Phi) is 6.00. The van der Waals surface area contributed by atoms with Gasteiger partial charge in [0, 0.05) is 6.04 Å². The minimum absolute atomic E-state index is 0.243. The number of carbonyl (C=O) groups is 2. The summed E-state index contributed by atoms with van der Waals surface area (Å²) in [5, 5.41) is 4.94. The number of carbonyl (C=O) groups excluding carboxylic acids is 2. The summed E-state index contributed by atoms with van der Waals surface area (Å²) in [6.07, 6.45) is 6.20. The fourth-order valence-corrected chi connectivity index (χ4v) is 2.83. The zero-order valence-corrected chi connectivity index (χ0v) is 13.3. The highest BCUT2D eigenvalue weighted by Crippen LogP contribution is 2.26. The van der Waals surface area contributed by atoms with Crippen LogP contribution in [0.15, 0.2) is 22.8 Å². The number of rotatable bonds is 5. The Morgan fingerprint density at radius 1 is 1.32 bits per heavy atom. The summed E-state index contributed by atoms with van der Waals surface area (Å²) in [5.41, 5.74) is 0. The maximum absolute atomic E-state index is 11.9. The van der Waals surface area contributed by atoms with Crippen LogP contribution in [0.5, 0.6) is 0 Å². The number of nitrogens with one attached hydrogen (secondary N) is 2. The molecule has 0 saturated heterocycles. The van der Waals surface area contributed by atoms with E-state index < -0.39 is 6.03 Å². The Bertz CT molecular complexity index is 479. The van der Waals surface area contributed by atoms with Crippen molar-refractivity contribution in [3.05, 3.63) is 24.2 Å². The summed E-state index contributed by atoms with van der Waals surface area (Å²) >= 11 is 0. The molecule has 2 rings (SSSR count). The van der Waals surface area contributed by atoms with Gasteiger partial charge in [-0.15, -0.1) is 0 Å². The Labute approximate surface area is 131 Å². The van der Waals surface area contributed by atoms with Crippen LogP contribution in [-0.4, -0.2) is 36.5 Å².